The van der Waals surface area contributed by atoms with Crippen LogP contribution in [0.5, 0.6) is 0 Å². The Morgan fingerprint density at radius 3 is 2.68 bits per heavy atom. The van der Waals surface area contributed by atoms with Gasteiger partial charge in [-0.3, -0.25) is 4.79 Å². The number of benzene rings is 2. The molecule has 2 heterocycles. The number of piperidine rings is 1. The van der Waals surface area contributed by atoms with Gasteiger partial charge in [-0.15, -0.1) is 0 Å². The van der Waals surface area contributed by atoms with Gasteiger partial charge in [-0.1, -0.05) is 34.1 Å². The second-order valence-corrected chi connectivity index (χ2v) is 11.3. The Balaban J connectivity index is 1.57. The molecular weight excluding hydrogens is 480 g/mol. The third kappa shape index (κ3) is 3.23. The molecule has 0 radical (unpaired) electrons. The summed E-state index contributed by atoms with van der Waals surface area (Å²) in [5.74, 6) is -0.305. The van der Waals surface area contributed by atoms with E-state index in [0.29, 0.717) is 25.8 Å². The van der Waals surface area contributed by atoms with Crippen molar-refractivity contribution < 1.29 is 17.9 Å². The SMILES string of the molecule is COC(=O)[C@]12Cc3c([nH]c4ccccc34)C[C@@H]1CCN(S(=O)(=O)c1ccc(Br)cc1)C2. The van der Waals surface area contributed by atoms with Gasteiger partial charge < -0.3 is 9.72 Å². The van der Waals surface area contributed by atoms with Crippen molar-refractivity contribution in [1.82, 2.24) is 9.29 Å². The summed E-state index contributed by atoms with van der Waals surface area (Å²) in [7, 11) is -2.33. The van der Waals surface area contributed by atoms with Gasteiger partial charge in [-0.25, -0.2) is 8.42 Å². The van der Waals surface area contributed by atoms with E-state index < -0.39 is 15.4 Å². The molecule has 8 heteroatoms. The van der Waals surface area contributed by atoms with Crippen LogP contribution in [0.2, 0.25) is 0 Å². The Labute approximate surface area is 189 Å². The Morgan fingerprint density at radius 1 is 1.19 bits per heavy atom. The van der Waals surface area contributed by atoms with E-state index >= 15 is 0 Å². The molecular formula is C23H23BrN2O4S. The third-order valence-corrected chi connectivity index (χ3v) is 9.24. The number of H-pyrrole nitrogens is 1. The number of methoxy groups -OCH3 is 1. The summed E-state index contributed by atoms with van der Waals surface area (Å²) in [4.78, 5) is 16.9. The minimum absolute atomic E-state index is 0.0249. The quantitative estimate of drug-likeness (QED) is 0.550. The van der Waals surface area contributed by atoms with Crippen LogP contribution in [0.25, 0.3) is 10.9 Å². The second kappa shape index (κ2) is 7.46. The fraction of sp³-hybridized carbons (Fsp3) is 0.348. The summed E-state index contributed by atoms with van der Waals surface area (Å²) in [6.45, 7) is 0.513. The number of aromatic nitrogens is 1. The van der Waals surface area contributed by atoms with Crippen LogP contribution in [0.15, 0.2) is 57.9 Å². The first-order chi connectivity index (χ1) is 14.8. The highest BCUT2D eigenvalue weighted by molar-refractivity contribution is 9.10. The molecule has 2 aliphatic rings. The summed E-state index contributed by atoms with van der Waals surface area (Å²) in [6.07, 6.45) is 1.79. The number of carbonyl (C=O) groups excluding carboxylic acids is 1. The molecule has 1 fully saturated rings. The first-order valence-electron chi connectivity index (χ1n) is 10.3. The Bertz CT molecular complexity index is 1270. The zero-order valence-corrected chi connectivity index (χ0v) is 19.5. The monoisotopic (exact) mass is 502 g/mol. The van der Waals surface area contributed by atoms with E-state index in [1.165, 1.54) is 11.4 Å². The lowest BCUT2D eigenvalue weighted by atomic mass is 9.62. The van der Waals surface area contributed by atoms with E-state index in [-0.39, 0.29) is 23.3 Å². The summed E-state index contributed by atoms with van der Waals surface area (Å²) < 4.78 is 34.3. The molecule has 1 aliphatic carbocycles. The van der Waals surface area contributed by atoms with E-state index in [0.717, 1.165) is 26.6 Å². The maximum absolute atomic E-state index is 13.4. The van der Waals surface area contributed by atoms with Gasteiger partial charge in [0.15, 0.2) is 0 Å². The number of para-hydroxylation sites is 1. The molecule has 2 aromatic carbocycles. The molecule has 5 rings (SSSR count). The average Bonchev–Trinajstić information content (AvgIpc) is 3.13. The summed E-state index contributed by atoms with van der Waals surface area (Å²) in [5.41, 5.74) is 2.40. The Morgan fingerprint density at radius 2 is 1.94 bits per heavy atom. The maximum atomic E-state index is 13.4. The van der Waals surface area contributed by atoms with Crippen molar-refractivity contribution in [2.24, 2.45) is 11.3 Å². The predicted octanol–water partition coefficient (Wildman–Crippen LogP) is 3.90. The van der Waals surface area contributed by atoms with E-state index in [1.807, 2.05) is 18.2 Å². The molecule has 3 aromatic rings. The Kier molecular flexibility index (Phi) is 4.99. The number of ether oxygens (including phenoxy) is 1. The fourth-order valence-corrected chi connectivity index (χ4v) is 7.05. The molecule has 0 saturated carbocycles. The second-order valence-electron chi connectivity index (χ2n) is 8.43. The van der Waals surface area contributed by atoms with Gasteiger partial charge >= 0.3 is 5.97 Å². The van der Waals surface area contributed by atoms with E-state index in [1.54, 1.807) is 24.3 Å². The van der Waals surface area contributed by atoms with Crippen LogP contribution in [0.1, 0.15) is 17.7 Å². The number of esters is 1. The molecule has 1 saturated heterocycles. The molecule has 0 amide bonds. The van der Waals surface area contributed by atoms with Crippen molar-refractivity contribution in [3.63, 3.8) is 0 Å². The van der Waals surface area contributed by atoms with E-state index in [9.17, 15) is 13.2 Å². The number of carbonyl (C=O) groups is 1. The van der Waals surface area contributed by atoms with Gasteiger partial charge in [0.05, 0.1) is 17.4 Å². The van der Waals surface area contributed by atoms with Crippen LogP contribution in [0, 0.1) is 11.3 Å². The molecule has 162 valence electrons. The molecule has 6 nitrogen and oxygen atoms in total. The summed E-state index contributed by atoms with van der Waals surface area (Å²) >= 11 is 3.35. The van der Waals surface area contributed by atoms with Crippen LogP contribution in [-0.2, 0) is 32.4 Å². The summed E-state index contributed by atoms with van der Waals surface area (Å²) in [5, 5.41) is 1.09. The smallest absolute Gasteiger partial charge is 0.313 e. The van der Waals surface area contributed by atoms with E-state index in [4.69, 9.17) is 4.74 Å². The van der Waals surface area contributed by atoms with E-state index in [2.05, 4.69) is 27.0 Å². The number of nitrogens with zero attached hydrogens (tertiary/aromatic N) is 1. The fourth-order valence-electron chi connectivity index (χ4n) is 5.26. The zero-order valence-electron chi connectivity index (χ0n) is 17.1. The number of sulfonamides is 1. The van der Waals surface area contributed by atoms with Crippen molar-refractivity contribution in [1.29, 1.82) is 0 Å². The number of aromatic amines is 1. The van der Waals surface area contributed by atoms with Gasteiger partial charge in [-0.05, 0) is 61.1 Å². The van der Waals surface area contributed by atoms with Gasteiger partial charge in [0, 0.05) is 34.2 Å². The van der Waals surface area contributed by atoms with Gasteiger partial charge in [-0.2, -0.15) is 4.31 Å². The molecule has 2 atom stereocenters. The van der Waals surface area contributed by atoms with Gasteiger partial charge in [0.1, 0.15) is 0 Å². The maximum Gasteiger partial charge on any atom is 0.313 e. The lowest BCUT2D eigenvalue weighted by Crippen LogP contribution is -2.58. The average molecular weight is 503 g/mol. The van der Waals surface area contributed by atoms with Gasteiger partial charge in [0.2, 0.25) is 10.0 Å². The number of hydrogen-bond acceptors (Lipinski definition) is 4. The first kappa shape index (κ1) is 20.7. The Hall–Kier alpha value is -2.16. The molecule has 0 bridgehead atoms. The number of hydrogen-bond donors (Lipinski definition) is 1. The number of nitrogens with one attached hydrogen (secondary N) is 1. The molecule has 31 heavy (non-hydrogen) atoms. The molecule has 1 N–H and O–H groups in total. The highest BCUT2D eigenvalue weighted by atomic mass is 79.9. The van der Waals surface area contributed by atoms with Crippen molar-refractivity contribution in [3.05, 3.63) is 64.3 Å². The van der Waals surface area contributed by atoms with Crippen molar-refractivity contribution in [2.45, 2.75) is 24.2 Å². The lowest BCUT2D eigenvalue weighted by Gasteiger charge is -2.48. The third-order valence-electron chi connectivity index (χ3n) is 6.86. The topological polar surface area (TPSA) is 79.5 Å². The van der Waals surface area contributed by atoms with Gasteiger partial charge in [0.25, 0.3) is 0 Å². The molecule has 0 spiro atoms. The predicted molar refractivity (Wildman–Crippen MR) is 121 cm³/mol. The van der Waals surface area contributed by atoms with Crippen LogP contribution in [0.4, 0.5) is 0 Å². The first-order valence-corrected chi connectivity index (χ1v) is 12.5. The standard InChI is InChI=1S/C23H23BrN2O4S/c1-30-22(27)23-13-19-18-4-2-3-5-20(18)25-21(19)12-15(23)10-11-26(14-23)31(28,29)17-8-6-16(24)7-9-17/h2-9,15,25H,10-14H2,1H3/t15-,23-/m0/s1. The van der Waals surface area contributed by atoms with Crippen LogP contribution >= 0.6 is 15.9 Å². The van der Waals surface area contributed by atoms with Crippen molar-refractivity contribution in [3.8, 4) is 0 Å². The summed E-state index contributed by atoms with van der Waals surface area (Å²) in [6, 6.07) is 14.7. The lowest BCUT2D eigenvalue weighted by molar-refractivity contribution is -0.160. The number of rotatable bonds is 3. The molecule has 1 aliphatic heterocycles. The molecule has 0 unspecified atom stereocenters. The van der Waals surface area contributed by atoms with Crippen LogP contribution in [0.3, 0.4) is 0 Å². The number of fused-ring (bicyclic) bond motifs is 4. The normalized spacial score (nSPS) is 23.9. The minimum Gasteiger partial charge on any atom is -0.469 e. The largest absolute Gasteiger partial charge is 0.469 e. The minimum atomic E-state index is -3.72. The van der Waals surface area contributed by atoms with Crippen LogP contribution in [-0.4, -0.2) is 43.9 Å². The zero-order chi connectivity index (χ0) is 21.8. The van der Waals surface area contributed by atoms with Crippen molar-refractivity contribution >= 4 is 42.8 Å². The molecule has 1 aromatic heterocycles. The highest BCUT2D eigenvalue weighted by Gasteiger charge is 2.55. The highest BCUT2D eigenvalue weighted by Crippen LogP contribution is 2.48. The number of halogens is 1. The van der Waals surface area contributed by atoms with Crippen LogP contribution < -0.4 is 0 Å². The van der Waals surface area contributed by atoms with Crippen molar-refractivity contribution in [2.75, 3.05) is 20.2 Å².